The summed E-state index contributed by atoms with van der Waals surface area (Å²) in [6, 6.07) is 0.556. The van der Waals surface area contributed by atoms with E-state index in [1.54, 1.807) is 0 Å². The van der Waals surface area contributed by atoms with Gasteiger partial charge in [0.1, 0.15) is 0 Å². The topological polar surface area (TPSA) is 12.0 Å². The van der Waals surface area contributed by atoms with Crippen molar-refractivity contribution in [2.45, 2.75) is 33.7 Å². The van der Waals surface area contributed by atoms with Crippen molar-refractivity contribution in [3.05, 3.63) is 12.3 Å². The minimum Gasteiger partial charge on any atom is -0.389 e. The maximum Gasteiger partial charge on any atom is 0.0199 e. The van der Waals surface area contributed by atoms with E-state index in [0.29, 0.717) is 12.0 Å². The fourth-order valence-electron chi connectivity index (χ4n) is 0.440. The summed E-state index contributed by atoms with van der Waals surface area (Å²) < 4.78 is 0. The Balaban J connectivity index is 0. The molecule has 0 heterocycles. The summed E-state index contributed by atoms with van der Waals surface area (Å²) in [5, 5.41) is 3.20. The molecule has 0 aliphatic heterocycles. The van der Waals surface area contributed by atoms with Crippen LogP contribution in [-0.2, 0) is 0 Å². The number of nitrogens with one attached hydrogen (secondary N) is 1. The highest BCUT2D eigenvalue weighted by Gasteiger charge is 1.84. The summed E-state index contributed by atoms with van der Waals surface area (Å²) in [6.07, 6.45) is 4.18. The summed E-state index contributed by atoms with van der Waals surface area (Å²) in [4.78, 5) is 0. The summed E-state index contributed by atoms with van der Waals surface area (Å²) in [5.74, 6) is 0.649. The van der Waals surface area contributed by atoms with Crippen molar-refractivity contribution < 1.29 is 0 Å². The molecule has 57 valence electrons. The predicted molar refractivity (Wildman–Crippen MR) is 48.0 cm³/mol. The van der Waals surface area contributed by atoms with Crippen LogP contribution >= 0.6 is 0 Å². The molecule has 10 heavy (non-hydrogen) atoms. The molecule has 0 fully saturated rings. The van der Waals surface area contributed by atoms with Gasteiger partial charge in [0.25, 0.3) is 0 Å². The lowest BCUT2D eigenvalue weighted by Gasteiger charge is -2.02. The standard InChI is InChI=1S/C8H17N.B/c1-7(2)5-6-9-8(3)4;/h5-9H,1-4H3;/b6-5-;. The van der Waals surface area contributed by atoms with E-state index in [1.165, 1.54) is 0 Å². The van der Waals surface area contributed by atoms with E-state index in [1.807, 2.05) is 6.20 Å². The first-order valence-electron chi connectivity index (χ1n) is 3.55. The van der Waals surface area contributed by atoms with Crippen molar-refractivity contribution in [2.24, 2.45) is 5.92 Å². The molecular weight excluding hydrogens is 121 g/mol. The second-order valence-corrected chi connectivity index (χ2v) is 2.92. The van der Waals surface area contributed by atoms with Gasteiger partial charge in [-0.1, -0.05) is 19.9 Å². The quantitative estimate of drug-likeness (QED) is 0.586. The van der Waals surface area contributed by atoms with E-state index in [2.05, 4.69) is 39.1 Å². The molecule has 0 amide bonds. The highest BCUT2D eigenvalue weighted by molar-refractivity contribution is 5.75. The Morgan fingerprint density at radius 2 is 1.60 bits per heavy atom. The zero-order valence-electron chi connectivity index (χ0n) is 7.39. The molecule has 0 saturated carbocycles. The Labute approximate surface area is 66.5 Å². The molecule has 0 aromatic rings. The summed E-state index contributed by atoms with van der Waals surface area (Å²) in [7, 11) is 0. The molecule has 3 radical (unpaired) electrons. The Bertz CT molecular complexity index is 87.3. The zero-order chi connectivity index (χ0) is 7.28. The second kappa shape index (κ2) is 6.72. The molecule has 0 aliphatic rings. The van der Waals surface area contributed by atoms with Gasteiger partial charge in [-0.05, 0) is 26.0 Å². The first-order valence-corrected chi connectivity index (χ1v) is 3.55. The molecule has 0 aliphatic carbocycles. The van der Waals surface area contributed by atoms with Gasteiger partial charge in [0, 0.05) is 14.5 Å². The molecule has 1 nitrogen and oxygen atoms in total. The van der Waals surface area contributed by atoms with Gasteiger partial charge in [0.05, 0.1) is 0 Å². The first kappa shape index (κ1) is 12.3. The Hall–Kier alpha value is -0.395. The van der Waals surface area contributed by atoms with E-state index in [0.717, 1.165) is 0 Å². The van der Waals surface area contributed by atoms with E-state index in [4.69, 9.17) is 0 Å². The van der Waals surface area contributed by atoms with Crippen LogP contribution in [-0.4, -0.2) is 14.5 Å². The predicted octanol–water partition coefficient (Wildman–Crippen LogP) is 1.77. The Morgan fingerprint density at radius 1 is 1.10 bits per heavy atom. The van der Waals surface area contributed by atoms with Crippen molar-refractivity contribution in [1.29, 1.82) is 0 Å². The maximum absolute atomic E-state index is 3.20. The third kappa shape index (κ3) is 10.6. The number of allylic oxidation sites excluding steroid dienone is 1. The smallest absolute Gasteiger partial charge is 0.0199 e. The maximum atomic E-state index is 3.20. The lowest BCUT2D eigenvalue weighted by atomic mass is 10.2. The monoisotopic (exact) mass is 138 g/mol. The molecule has 2 heteroatoms. The van der Waals surface area contributed by atoms with Crippen molar-refractivity contribution in [1.82, 2.24) is 5.32 Å². The van der Waals surface area contributed by atoms with Crippen LogP contribution in [0.1, 0.15) is 27.7 Å². The minimum atomic E-state index is 0. The van der Waals surface area contributed by atoms with Crippen molar-refractivity contribution in [3.63, 3.8) is 0 Å². The van der Waals surface area contributed by atoms with Crippen LogP contribution < -0.4 is 5.32 Å². The third-order valence-corrected chi connectivity index (χ3v) is 0.911. The van der Waals surface area contributed by atoms with Crippen molar-refractivity contribution in [2.75, 3.05) is 0 Å². The average Bonchev–Trinajstić information content (AvgIpc) is 1.63. The summed E-state index contributed by atoms with van der Waals surface area (Å²) >= 11 is 0. The van der Waals surface area contributed by atoms with Crippen molar-refractivity contribution >= 4 is 8.41 Å². The second-order valence-electron chi connectivity index (χ2n) is 2.92. The third-order valence-electron chi connectivity index (χ3n) is 0.911. The van der Waals surface area contributed by atoms with E-state index in [9.17, 15) is 0 Å². The van der Waals surface area contributed by atoms with E-state index in [-0.39, 0.29) is 8.41 Å². The molecule has 0 spiro atoms. The van der Waals surface area contributed by atoms with Gasteiger partial charge in [-0.2, -0.15) is 0 Å². The molecular formula is C8H17BN. The number of hydrogen-bond acceptors (Lipinski definition) is 1. The van der Waals surface area contributed by atoms with Crippen LogP contribution in [0.4, 0.5) is 0 Å². The van der Waals surface area contributed by atoms with Crippen molar-refractivity contribution in [3.8, 4) is 0 Å². The fourth-order valence-corrected chi connectivity index (χ4v) is 0.440. The summed E-state index contributed by atoms with van der Waals surface area (Å²) in [5.41, 5.74) is 0. The van der Waals surface area contributed by atoms with E-state index >= 15 is 0 Å². The molecule has 0 unspecified atom stereocenters. The Kier molecular flexibility index (Phi) is 8.26. The highest BCUT2D eigenvalue weighted by atomic mass is 14.9. The average molecular weight is 138 g/mol. The van der Waals surface area contributed by atoms with Gasteiger partial charge in [0.15, 0.2) is 0 Å². The van der Waals surface area contributed by atoms with Crippen LogP contribution in [0.5, 0.6) is 0 Å². The van der Waals surface area contributed by atoms with Gasteiger partial charge in [-0.15, -0.1) is 0 Å². The molecule has 0 aromatic carbocycles. The largest absolute Gasteiger partial charge is 0.389 e. The van der Waals surface area contributed by atoms with Crippen LogP contribution in [0.3, 0.4) is 0 Å². The lowest BCUT2D eigenvalue weighted by Crippen LogP contribution is -2.15. The van der Waals surface area contributed by atoms with Gasteiger partial charge >= 0.3 is 0 Å². The lowest BCUT2D eigenvalue weighted by molar-refractivity contribution is 0.693. The van der Waals surface area contributed by atoms with Crippen LogP contribution in [0.15, 0.2) is 12.3 Å². The Morgan fingerprint density at radius 3 is 1.90 bits per heavy atom. The molecule has 0 saturated heterocycles. The van der Waals surface area contributed by atoms with Crippen LogP contribution in [0.25, 0.3) is 0 Å². The van der Waals surface area contributed by atoms with Gasteiger partial charge < -0.3 is 5.32 Å². The zero-order valence-corrected chi connectivity index (χ0v) is 7.39. The van der Waals surface area contributed by atoms with Gasteiger partial charge in [-0.3, -0.25) is 0 Å². The summed E-state index contributed by atoms with van der Waals surface area (Å²) in [6.45, 7) is 8.59. The number of hydrogen-bond donors (Lipinski definition) is 1. The van der Waals surface area contributed by atoms with E-state index < -0.39 is 0 Å². The van der Waals surface area contributed by atoms with Gasteiger partial charge in [-0.25, -0.2) is 0 Å². The highest BCUT2D eigenvalue weighted by Crippen LogP contribution is 1.91. The molecule has 0 rings (SSSR count). The first-order chi connectivity index (χ1) is 4.13. The molecule has 0 bridgehead atoms. The SMILES string of the molecule is CC(C)/C=C\NC(C)C.[B]. The number of rotatable bonds is 3. The molecule has 0 aromatic heterocycles. The van der Waals surface area contributed by atoms with Gasteiger partial charge in [0.2, 0.25) is 0 Å². The van der Waals surface area contributed by atoms with Crippen LogP contribution in [0, 0.1) is 5.92 Å². The normalized spacial score (nSPS) is 10.6. The minimum absolute atomic E-state index is 0. The fraction of sp³-hybridized carbons (Fsp3) is 0.750. The molecule has 0 atom stereocenters. The molecule has 1 N–H and O–H groups in total. The van der Waals surface area contributed by atoms with Crippen LogP contribution in [0.2, 0.25) is 0 Å².